The van der Waals surface area contributed by atoms with Crippen molar-refractivity contribution >= 4 is 11.9 Å². The zero-order valence-corrected chi connectivity index (χ0v) is 37.9. The average molecular weight is 822 g/mol. The van der Waals surface area contributed by atoms with Crippen molar-refractivity contribution in [3.05, 3.63) is 30.1 Å². The zero-order valence-electron chi connectivity index (χ0n) is 37.9. The van der Waals surface area contributed by atoms with Crippen molar-refractivity contribution in [3.63, 3.8) is 0 Å². The molecule has 0 aromatic carbocycles. The SMILES string of the molecule is CCCCCCOC(C)C1C2CC3NC(CC4NC5C(CC(O)C5C4C)C4NC(CC(N2)C1C)C(C)C4CCC(=O)OC[n+]1cccc(C(=O)N(C)C)c1)C(CC)C3C. The van der Waals surface area contributed by atoms with Crippen LogP contribution < -0.4 is 25.8 Å². The number of carbonyl (C=O) groups is 2. The maximum Gasteiger partial charge on any atom is 0.310 e. The van der Waals surface area contributed by atoms with Crippen LogP contribution >= 0.6 is 0 Å². The van der Waals surface area contributed by atoms with E-state index < -0.39 is 0 Å². The van der Waals surface area contributed by atoms with Crippen LogP contribution in [0, 0.1) is 53.3 Å². The Hall–Kier alpha value is -2.15. The van der Waals surface area contributed by atoms with Crippen LogP contribution in [0.4, 0.5) is 0 Å². The Morgan fingerprint density at radius 1 is 0.831 bits per heavy atom. The second-order valence-corrected chi connectivity index (χ2v) is 20.5. The van der Waals surface area contributed by atoms with E-state index in [-0.39, 0.29) is 60.7 Å². The summed E-state index contributed by atoms with van der Waals surface area (Å²) in [6.45, 7) is 17.7. The second kappa shape index (κ2) is 19.5. The topological polar surface area (TPSA) is 128 Å². The molecule has 5 N–H and O–H groups in total. The Morgan fingerprint density at radius 3 is 2.24 bits per heavy atom. The Kier molecular flexibility index (Phi) is 14.8. The molecule has 1 aliphatic carbocycles. The molecule has 0 radical (unpaired) electrons. The minimum atomic E-state index is -0.322. The highest BCUT2D eigenvalue weighted by Crippen LogP contribution is 2.50. The van der Waals surface area contributed by atoms with Gasteiger partial charge in [0, 0.05) is 93.4 Å². The first-order valence-electron chi connectivity index (χ1n) is 24.0. The molecule has 7 rings (SSSR count). The number of unbranched alkanes of at least 4 members (excludes halogenated alkanes) is 3. The number of nitrogens with zero attached hydrogens (tertiary/aromatic N) is 2. The van der Waals surface area contributed by atoms with Crippen LogP contribution in [0.15, 0.2) is 24.5 Å². The first-order valence-corrected chi connectivity index (χ1v) is 24.0. The molecule has 6 aliphatic rings. The highest BCUT2D eigenvalue weighted by atomic mass is 16.5. The van der Waals surface area contributed by atoms with Crippen molar-refractivity contribution < 1.29 is 28.7 Å². The zero-order chi connectivity index (χ0) is 42.1. The summed E-state index contributed by atoms with van der Waals surface area (Å²) < 4.78 is 14.3. The average Bonchev–Trinajstić information content (AvgIpc) is 3.97. The molecule has 0 spiro atoms. The highest BCUT2D eigenvalue weighted by Gasteiger charge is 2.58. The van der Waals surface area contributed by atoms with Gasteiger partial charge in [0.25, 0.3) is 12.6 Å². The van der Waals surface area contributed by atoms with Crippen LogP contribution in [-0.4, -0.2) is 103 Å². The number of pyridine rings is 1. The number of aliphatic hydroxyl groups is 1. The number of hydrogen-bond donors (Lipinski definition) is 5. The normalized spacial score (nSPS) is 41.9. The van der Waals surface area contributed by atoms with Gasteiger partial charge < -0.3 is 40.7 Å². The Labute approximate surface area is 356 Å². The molecule has 8 bridgehead atoms. The summed E-state index contributed by atoms with van der Waals surface area (Å²) in [6, 6.07) is 6.40. The Bertz CT molecular complexity index is 1560. The highest BCUT2D eigenvalue weighted by molar-refractivity contribution is 5.93. The molecular formula is C48H81N6O5+. The largest absolute Gasteiger partial charge is 0.405 e. The summed E-state index contributed by atoms with van der Waals surface area (Å²) in [6.07, 6.45) is 14.6. The van der Waals surface area contributed by atoms with Crippen molar-refractivity contribution in [2.24, 2.45) is 53.3 Å². The van der Waals surface area contributed by atoms with Crippen LogP contribution in [0.5, 0.6) is 0 Å². The van der Waals surface area contributed by atoms with Crippen molar-refractivity contribution in [1.82, 2.24) is 26.2 Å². The van der Waals surface area contributed by atoms with Crippen molar-refractivity contribution in [2.75, 3.05) is 20.7 Å². The summed E-state index contributed by atoms with van der Waals surface area (Å²) in [5.41, 5.74) is 0.556. The molecule has 11 nitrogen and oxygen atoms in total. The molecular weight excluding hydrogens is 741 g/mol. The molecule has 1 saturated carbocycles. The standard InChI is InChI=1S/C48H81N6O5/c1-10-12-13-14-20-58-31(7)44-29(5)38-22-37-28(4)34(17-18-43(56)59-26-54-19-15-16-32(25-54)48(57)53(8)9)46(51-37)35-21-42(55)45-30(6)39(52-47(35)45)23-40-33(11-2)27(3)36(49-40)24-41(44)50-38/h15-16,19,25,27-31,33-42,44-47,49-52,55H,10-14,17-18,20-24,26H2,1-9H3/q+1. The van der Waals surface area contributed by atoms with Gasteiger partial charge in [0.2, 0.25) is 0 Å². The second-order valence-electron chi connectivity index (χ2n) is 20.5. The maximum atomic E-state index is 13.5. The number of ether oxygens (including phenoxy) is 2. The number of amides is 1. The lowest BCUT2D eigenvalue weighted by atomic mass is 9.76. The Morgan fingerprint density at radius 2 is 1.49 bits per heavy atom. The molecule has 11 heteroatoms. The Balaban J connectivity index is 1.11. The van der Waals surface area contributed by atoms with E-state index in [1.165, 1.54) is 25.7 Å². The molecule has 332 valence electrons. The van der Waals surface area contributed by atoms with Crippen LogP contribution in [0.25, 0.3) is 0 Å². The number of carbonyl (C=O) groups excluding carboxylic acids is 2. The number of fused-ring (bicyclic) bond motifs is 8. The minimum Gasteiger partial charge on any atom is -0.405 e. The molecule has 1 amide bonds. The van der Waals surface area contributed by atoms with Crippen LogP contribution in [0.1, 0.15) is 129 Å². The minimum absolute atomic E-state index is 0.0719. The van der Waals surface area contributed by atoms with Crippen molar-refractivity contribution in [3.8, 4) is 0 Å². The molecule has 5 saturated heterocycles. The number of aromatic nitrogens is 1. The summed E-state index contributed by atoms with van der Waals surface area (Å²) in [5, 5.41) is 28.8. The van der Waals surface area contributed by atoms with Gasteiger partial charge in [-0.3, -0.25) is 9.59 Å². The van der Waals surface area contributed by atoms with E-state index in [1.807, 2.05) is 12.3 Å². The monoisotopic (exact) mass is 822 g/mol. The lowest BCUT2D eigenvalue weighted by Crippen LogP contribution is -2.49. The van der Waals surface area contributed by atoms with Gasteiger partial charge in [-0.05, 0) is 92.9 Å². The fraction of sp³-hybridized carbons (Fsp3) is 0.854. The third-order valence-corrected chi connectivity index (χ3v) is 17.0. The predicted octanol–water partition coefficient (Wildman–Crippen LogP) is 5.29. The third kappa shape index (κ3) is 9.46. The molecule has 1 aromatic rings. The van der Waals surface area contributed by atoms with Crippen LogP contribution in [0.2, 0.25) is 0 Å². The number of aliphatic hydroxyl groups excluding tert-OH is 1. The molecule has 59 heavy (non-hydrogen) atoms. The lowest BCUT2D eigenvalue weighted by Gasteiger charge is -2.32. The van der Waals surface area contributed by atoms with Gasteiger partial charge in [0.05, 0.1) is 12.2 Å². The molecule has 5 aliphatic heterocycles. The van der Waals surface area contributed by atoms with Gasteiger partial charge >= 0.3 is 5.97 Å². The number of nitrogens with one attached hydrogen (secondary N) is 4. The van der Waals surface area contributed by atoms with Gasteiger partial charge in [-0.15, -0.1) is 0 Å². The fourth-order valence-electron chi connectivity index (χ4n) is 13.7. The number of hydrogen-bond acceptors (Lipinski definition) is 9. The molecule has 6 heterocycles. The van der Waals surface area contributed by atoms with E-state index >= 15 is 0 Å². The molecule has 19 atom stereocenters. The van der Waals surface area contributed by atoms with Gasteiger partial charge in [-0.25, -0.2) is 0 Å². The quantitative estimate of drug-likeness (QED) is 0.0968. The van der Waals surface area contributed by atoms with Gasteiger partial charge in [0.15, 0.2) is 12.4 Å². The van der Waals surface area contributed by atoms with Crippen LogP contribution in [0.3, 0.4) is 0 Å². The molecule has 19 unspecified atom stereocenters. The van der Waals surface area contributed by atoms with Crippen molar-refractivity contribution in [2.45, 2.75) is 186 Å². The number of rotatable bonds is 14. The van der Waals surface area contributed by atoms with E-state index in [2.05, 4.69) is 69.7 Å². The molecule has 6 fully saturated rings. The van der Waals surface area contributed by atoms with Crippen LogP contribution in [-0.2, 0) is 21.0 Å². The number of esters is 1. The van der Waals surface area contributed by atoms with E-state index in [0.717, 1.165) is 45.1 Å². The van der Waals surface area contributed by atoms with E-state index in [0.29, 0.717) is 83.7 Å². The van der Waals surface area contributed by atoms with Gasteiger partial charge in [-0.2, -0.15) is 4.57 Å². The van der Waals surface area contributed by atoms with E-state index in [4.69, 9.17) is 9.47 Å². The van der Waals surface area contributed by atoms with Crippen molar-refractivity contribution in [1.29, 1.82) is 0 Å². The summed E-state index contributed by atoms with van der Waals surface area (Å²) in [7, 11) is 3.47. The lowest BCUT2D eigenvalue weighted by molar-refractivity contribution is -0.727. The maximum absolute atomic E-state index is 13.5. The van der Waals surface area contributed by atoms with Gasteiger partial charge in [-0.1, -0.05) is 67.2 Å². The molecule has 1 aromatic heterocycles. The van der Waals surface area contributed by atoms with E-state index in [9.17, 15) is 14.7 Å². The van der Waals surface area contributed by atoms with Gasteiger partial charge in [0.1, 0.15) is 5.56 Å². The van der Waals surface area contributed by atoms with E-state index in [1.54, 1.807) is 35.8 Å². The summed E-state index contributed by atoms with van der Waals surface area (Å²) in [4.78, 5) is 27.6. The summed E-state index contributed by atoms with van der Waals surface area (Å²) in [5.74, 6) is 3.42. The summed E-state index contributed by atoms with van der Waals surface area (Å²) >= 11 is 0. The first kappa shape index (κ1) is 44.9. The smallest absolute Gasteiger partial charge is 0.310 e. The fourth-order valence-corrected chi connectivity index (χ4v) is 13.7. The first-order chi connectivity index (χ1) is 28.3. The third-order valence-electron chi connectivity index (χ3n) is 17.0. The predicted molar refractivity (Wildman–Crippen MR) is 231 cm³/mol.